The van der Waals surface area contributed by atoms with E-state index in [1.165, 1.54) is 21.0 Å². The highest BCUT2D eigenvalue weighted by molar-refractivity contribution is 6.07. The zero-order chi connectivity index (χ0) is 12.5. The third-order valence-corrected chi connectivity index (χ3v) is 2.17. The van der Waals surface area contributed by atoms with Gasteiger partial charge in [0.2, 0.25) is 0 Å². The van der Waals surface area contributed by atoms with Gasteiger partial charge < -0.3 is 14.9 Å². The molecule has 0 aliphatic heterocycles. The molecule has 1 aromatic carbocycles. The minimum Gasteiger partial charge on any atom is -0.507 e. The Kier molecular flexibility index (Phi) is 3.17. The number of carbonyl (C=O) groups excluding carboxylic acids is 2. The van der Waals surface area contributed by atoms with Crippen LogP contribution in [0.5, 0.6) is 17.2 Å². The number of carbonyl (C=O) groups is 2. The summed E-state index contributed by atoms with van der Waals surface area (Å²) in [6.07, 6.45) is 0. The van der Waals surface area contributed by atoms with Crippen molar-refractivity contribution in [3.63, 3.8) is 0 Å². The molecule has 2 N–H and O–H groups in total. The third-order valence-electron chi connectivity index (χ3n) is 2.17. The number of ketones is 2. The first-order chi connectivity index (χ1) is 7.40. The lowest BCUT2D eigenvalue weighted by molar-refractivity contribution is 0.101. The molecule has 0 heterocycles. The molecule has 0 saturated heterocycles. The van der Waals surface area contributed by atoms with E-state index in [4.69, 9.17) is 4.74 Å². The van der Waals surface area contributed by atoms with E-state index in [1.807, 2.05) is 0 Å². The maximum Gasteiger partial charge on any atom is 0.167 e. The van der Waals surface area contributed by atoms with Crippen LogP contribution < -0.4 is 4.74 Å². The second kappa shape index (κ2) is 4.22. The predicted molar refractivity (Wildman–Crippen MR) is 56.3 cm³/mol. The van der Waals surface area contributed by atoms with Crippen LogP contribution in [-0.4, -0.2) is 28.9 Å². The molecule has 0 amide bonds. The molecule has 1 rings (SSSR count). The molecule has 0 atom stereocenters. The van der Waals surface area contributed by atoms with Crippen LogP contribution in [0.3, 0.4) is 0 Å². The molecule has 16 heavy (non-hydrogen) atoms. The van der Waals surface area contributed by atoms with Gasteiger partial charge in [0.1, 0.15) is 28.4 Å². The number of hydrogen-bond acceptors (Lipinski definition) is 5. The first-order valence-corrected chi connectivity index (χ1v) is 4.55. The van der Waals surface area contributed by atoms with Crippen molar-refractivity contribution in [1.29, 1.82) is 0 Å². The van der Waals surface area contributed by atoms with Crippen LogP contribution >= 0.6 is 0 Å². The van der Waals surface area contributed by atoms with Gasteiger partial charge in [-0.1, -0.05) is 0 Å². The van der Waals surface area contributed by atoms with Gasteiger partial charge in [-0.3, -0.25) is 9.59 Å². The van der Waals surface area contributed by atoms with Crippen molar-refractivity contribution in [3.05, 3.63) is 17.2 Å². The lowest BCUT2D eigenvalue weighted by atomic mass is 10.0. The number of benzene rings is 1. The summed E-state index contributed by atoms with van der Waals surface area (Å²) >= 11 is 0. The number of phenols is 2. The Bertz CT molecular complexity index is 462. The van der Waals surface area contributed by atoms with E-state index in [-0.39, 0.29) is 16.9 Å². The SMILES string of the molecule is COc1cc(O)c(C(C)=O)c(O)c1C(C)=O. The summed E-state index contributed by atoms with van der Waals surface area (Å²) in [5.74, 6) is -1.90. The number of Topliss-reactive ketones (excluding diaryl/α,β-unsaturated/α-hetero) is 2. The summed E-state index contributed by atoms with van der Waals surface area (Å²) in [6.45, 7) is 2.42. The van der Waals surface area contributed by atoms with Crippen molar-refractivity contribution < 1.29 is 24.5 Å². The first-order valence-electron chi connectivity index (χ1n) is 4.55. The molecule has 0 aliphatic carbocycles. The van der Waals surface area contributed by atoms with Crippen LogP contribution in [-0.2, 0) is 0 Å². The van der Waals surface area contributed by atoms with Gasteiger partial charge in [0.15, 0.2) is 11.6 Å². The monoisotopic (exact) mass is 224 g/mol. The highest BCUT2D eigenvalue weighted by Crippen LogP contribution is 2.38. The number of aromatic hydroxyl groups is 2. The Morgan fingerprint density at radius 2 is 1.62 bits per heavy atom. The fourth-order valence-electron chi connectivity index (χ4n) is 1.48. The average Bonchev–Trinajstić information content (AvgIpc) is 2.14. The second-order valence-electron chi connectivity index (χ2n) is 3.31. The molecule has 0 bridgehead atoms. The lowest BCUT2D eigenvalue weighted by Crippen LogP contribution is -2.03. The zero-order valence-corrected chi connectivity index (χ0v) is 9.20. The van der Waals surface area contributed by atoms with Gasteiger partial charge in [0.05, 0.1) is 7.11 Å². The molecule has 86 valence electrons. The number of ether oxygens (including phenoxy) is 1. The number of methoxy groups -OCH3 is 1. The molecule has 0 unspecified atom stereocenters. The van der Waals surface area contributed by atoms with Gasteiger partial charge >= 0.3 is 0 Å². The summed E-state index contributed by atoms with van der Waals surface area (Å²) in [4.78, 5) is 22.5. The van der Waals surface area contributed by atoms with Gasteiger partial charge in [0, 0.05) is 6.07 Å². The van der Waals surface area contributed by atoms with E-state index >= 15 is 0 Å². The van der Waals surface area contributed by atoms with E-state index in [0.29, 0.717) is 0 Å². The van der Waals surface area contributed by atoms with Crippen LogP contribution in [0.15, 0.2) is 6.07 Å². The molecular weight excluding hydrogens is 212 g/mol. The number of rotatable bonds is 3. The van der Waals surface area contributed by atoms with Crippen LogP contribution in [0.4, 0.5) is 0 Å². The third kappa shape index (κ3) is 1.84. The smallest absolute Gasteiger partial charge is 0.167 e. The topological polar surface area (TPSA) is 83.8 Å². The Morgan fingerprint density at radius 3 is 2.00 bits per heavy atom. The second-order valence-corrected chi connectivity index (χ2v) is 3.31. The van der Waals surface area contributed by atoms with Crippen LogP contribution in [0.2, 0.25) is 0 Å². The molecule has 0 aliphatic rings. The Balaban J connectivity index is 3.65. The normalized spacial score (nSPS) is 9.94. The van der Waals surface area contributed by atoms with E-state index in [0.717, 1.165) is 6.07 Å². The fraction of sp³-hybridized carbons (Fsp3) is 0.273. The van der Waals surface area contributed by atoms with Gasteiger partial charge in [-0.05, 0) is 13.8 Å². The summed E-state index contributed by atoms with van der Waals surface area (Å²) < 4.78 is 4.85. The molecular formula is C11H12O5. The minimum absolute atomic E-state index is 0.0347. The highest BCUT2D eigenvalue weighted by atomic mass is 16.5. The zero-order valence-electron chi connectivity index (χ0n) is 9.20. The molecule has 0 saturated carbocycles. The van der Waals surface area contributed by atoms with E-state index in [9.17, 15) is 19.8 Å². The van der Waals surface area contributed by atoms with Crippen molar-refractivity contribution in [3.8, 4) is 17.2 Å². The quantitative estimate of drug-likeness (QED) is 0.760. The van der Waals surface area contributed by atoms with Crippen molar-refractivity contribution in [2.75, 3.05) is 7.11 Å². The van der Waals surface area contributed by atoms with Crippen molar-refractivity contribution in [2.24, 2.45) is 0 Å². The first kappa shape index (κ1) is 12.0. The van der Waals surface area contributed by atoms with Crippen molar-refractivity contribution in [2.45, 2.75) is 13.8 Å². The number of phenolic OH excluding ortho intramolecular Hbond substituents is 2. The average molecular weight is 224 g/mol. The standard InChI is InChI=1S/C11H12O5/c1-5(12)9-7(14)4-8(16-3)10(6(2)13)11(9)15/h4,14-15H,1-3H3. The maximum absolute atomic E-state index is 11.3. The van der Waals surface area contributed by atoms with Crippen molar-refractivity contribution in [1.82, 2.24) is 0 Å². The highest BCUT2D eigenvalue weighted by Gasteiger charge is 2.23. The summed E-state index contributed by atoms with van der Waals surface area (Å²) in [5.41, 5.74) is -0.378. The Labute approximate surface area is 92.3 Å². The van der Waals surface area contributed by atoms with Crippen molar-refractivity contribution >= 4 is 11.6 Å². The summed E-state index contributed by atoms with van der Waals surface area (Å²) in [6, 6.07) is 1.13. The van der Waals surface area contributed by atoms with Crippen LogP contribution in [0.25, 0.3) is 0 Å². The summed E-state index contributed by atoms with van der Waals surface area (Å²) in [5, 5.41) is 19.2. The maximum atomic E-state index is 11.3. The molecule has 5 nitrogen and oxygen atoms in total. The van der Waals surface area contributed by atoms with Gasteiger partial charge in [-0.15, -0.1) is 0 Å². The summed E-state index contributed by atoms with van der Waals surface area (Å²) in [7, 11) is 1.30. The molecule has 0 radical (unpaired) electrons. The van der Waals surface area contributed by atoms with E-state index in [2.05, 4.69) is 0 Å². The van der Waals surface area contributed by atoms with Crippen LogP contribution in [0, 0.1) is 0 Å². The lowest BCUT2D eigenvalue weighted by Gasteiger charge is -2.12. The molecule has 0 aromatic heterocycles. The Morgan fingerprint density at radius 1 is 1.12 bits per heavy atom. The predicted octanol–water partition coefficient (Wildman–Crippen LogP) is 1.51. The van der Waals surface area contributed by atoms with Gasteiger partial charge in [0.25, 0.3) is 0 Å². The van der Waals surface area contributed by atoms with E-state index < -0.39 is 23.1 Å². The van der Waals surface area contributed by atoms with Gasteiger partial charge in [-0.2, -0.15) is 0 Å². The minimum atomic E-state index is -0.545. The van der Waals surface area contributed by atoms with Crippen LogP contribution in [0.1, 0.15) is 34.6 Å². The fourth-order valence-corrected chi connectivity index (χ4v) is 1.48. The molecule has 0 spiro atoms. The Hall–Kier alpha value is -2.04. The molecule has 1 aromatic rings. The molecule has 5 heteroatoms. The van der Waals surface area contributed by atoms with E-state index in [1.54, 1.807) is 0 Å². The largest absolute Gasteiger partial charge is 0.507 e. The van der Waals surface area contributed by atoms with Gasteiger partial charge in [-0.25, -0.2) is 0 Å². The number of hydrogen-bond donors (Lipinski definition) is 2. The molecule has 0 fully saturated rings.